The van der Waals surface area contributed by atoms with E-state index < -0.39 is 24.5 Å². The van der Waals surface area contributed by atoms with Crippen LogP contribution in [0.4, 0.5) is 5.82 Å². The molecule has 0 unspecified atom stereocenters. The average Bonchev–Trinajstić information content (AvgIpc) is 3.48. The second-order valence-electron chi connectivity index (χ2n) is 9.86. The van der Waals surface area contributed by atoms with Gasteiger partial charge in [0.25, 0.3) is 0 Å². The molecule has 0 bridgehead atoms. The Labute approximate surface area is 216 Å². The van der Waals surface area contributed by atoms with E-state index in [1.54, 1.807) is 17.9 Å². The van der Waals surface area contributed by atoms with E-state index in [0.717, 1.165) is 32.2 Å². The van der Waals surface area contributed by atoms with Gasteiger partial charge in [0.2, 0.25) is 0 Å². The lowest BCUT2D eigenvalue weighted by atomic mass is 9.91. The van der Waals surface area contributed by atoms with Crippen LogP contribution >= 0.6 is 0 Å². The van der Waals surface area contributed by atoms with E-state index in [4.69, 9.17) is 14.5 Å². The number of benzene rings is 1. The Hall–Kier alpha value is -2.67. The minimum absolute atomic E-state index is 0.178. The summed E-state index contributed by atoms with van der Waals surface area (Å²) >= 11 is 0. The Morgan fingerprint density at radius 3 is 2.38 bits per heavy atom. The molecule has 2 aromatic heterocycles. The summed E-state index contributed by atoms with van der Waals surface area (Å²) in [5.74, 6) is 1.24. The minimum Gasteiger partial charge on any atom is -0.387 e. The monoisotopic (exact) mass is 511 g/mol. The van der Waals surface area contributed by atoms with Crippen LogP contribution in [-0.2, 0) is 22.6 Å². The first kappa shape index (κ1) is 26.0. The first-order valence-corrected chi connectivity index (χ1v) is 13.0. The van der Waals surface area contributed by atoms with Crippen molar-refractivity contribution in [1.82, 2.24) is 30.2 Å². The fourth-order valence-electron chi connectivity index (χ4n) is 5.26. The number of aromatic nitrogens is 4. The second-order valence-corrected chi connectivity index (χ2v) is 9.86. The lowest BCUT2D eigenvalue weighted by molar-refractivity contribution is -0.0580. The number of aliphatic hydroxyl groups excluding tert-OH is 2. The summed E-state index contributed by atoms with van der Waals surface area (Å²) in [6.45, 7) is 1.60. The molecule has 37 heavy (non-hydrogen) atoms. The van der Waals surface area contributed by atoms with Gasteiger partial charge >= 0.3 is 0 Å². The van der Waals surface area contributed by atoms with Crippen molar-refractivity contribution in [2.75, 3.05) is 26.1 Å². The molecule has 5 rings (SSSR count). The SMILES string of the molecule is CNc1nc(CNC2CCC(NCc3ccccc3)CC2)nc2c1ncn2[C@@H]1O[C@H](COC)[C@@H](O)[C@H]1O. The maximum atomic E-state index is 10.6. The zero-order valence-corrected chi connectivity index (χ0v) is 21.4. The summed E-state index contributed by atoms with van der Waals surface area (Å²) in [4.78, 5) is 13.9. The third-order valence-electron chi connectivity index (χ3n) is 7.36. The lowest BCUT2D eigenvalue weighted by Crippen LogP contribution is -2.39. The number of anilines is 1. The van der Waals surface area contributed by atoms with E-state index >= 15 is 0 Å². The van der Waals surface area contributed by atoms with E-state index in [9.17, 15) is 10.2 Å². The molecule has 2 fully saturated rings. The first-order valence-electron chi connectivity index (χ1n) is 13.0. The van der Waals surface area contributed by atoms with Crippen molar-refractivity contribution < 1.29 is 19.7 Å². The first-order chi connectivity index (χ1) is 18.1. The van der Waals surface area contributed by atoms with Gasteiger partial charge in [0.15, 0.2) is 23.2 Å². The quantitative estimate of drug-likeness (QED) is 0.271. The average molecular weight is 512 g/mol. The fraction of sp³-hybridized carbons (Fsp3) is 0.577. The van der Waals surface area contributed by atoms with Gasteiger partial charge in [-0.2, -0.15) is 0 Å². The molecule has 200 valence electrons. The van der Waals surface area contributed by atoms with Crippen LogP contribution < -0.4 is 16.0 Å². The van der Waals surface area contributed by atoms with Gasteiger partial charge in [-0.1, -0.05) is 30.3 Å². The number of aliphatic hydroxyl groups is 2. The molecule has 1 aliphatic heterocycles. The van der Waals surface area contributed by atoms with Crippen LogP contribution in [0.2, 0.25) is 0 Å². The highest BCUT2D eigenvalue weighted by molar-refractivity contribution is 5.83. The van der Waals surface area contributed by atoms with Crippen LogP contribution in [0.1, 0.15) is 43.3 Å². The zero-order valence-electron chi connectivity index (χ0n) is 21.4. The van der Waals surface area contributed by atoms with E-state index in [2.05, 4.69) is 50.2 Å². The molecular formula is C26H37N7O4. The number of hydrogen-bond donors (Lipinski definition) is 5. The van der Waals surface area contributed by atoms with Gasteiger partial charge in [0, 0.05) is 32.8 Å². The number of rotatable bonds is 10. The Balaban J connectivity index is 1.21. The zero-order chi connectivity index (χ0) is 25.8. The number of imidazole rings is 1. The highest BCUT2D eigenvalue weighted by Gasteiger charge is 2.44. The van der Waals surface area contributed by atoms with Crippen LogP contribution in [0.3, 0.4) is 0 Å². The molecule has 2 aliphatic rings. The molecule has 4 atom stereocenters. The molecular weight excluding hydrogens is 474 g/mol. The molecule has 0 amide bonds. The van der Waals surface area contributed by atoms with Gasteiger partial charge < -0.3 is 35.6 Å². The predicted octanol–water partition coefficient (Wildman–Crippen LogP) is 1.32. The van der Waals surface area contributed by atoms with E-state index in [1.807, 2.05) is 6.07 Å². The van der Waals surface area contributed by atoms with Crippen molar-refractivity contribution in [2.45, 2.75) is 75.4 Å². The predicted molar refractivity (Wildman–Crippen MR) is 139 cm³/mol. The largest absolute Gasteiger partial charge is 0.387 e. The number of nitrogens with one attached hydrogen (secondary N) is 3. The molecule has 1 aromatic carbocycles. The van der Waals surface area contributed by atoms with Crippen molar-refractivity contribution in [3.63, 3.8) is 0 Å². The minimum atomic E-state index is -1.13. The summed E-state index contributed by atoms with van der Waals surface area (Å²) in [6.07, 6.45) is 2.35. The fourth-order valence-corrected chi connectivity index (χ4v) is 5.26. The Kier molecular flexibility index (Phi) is 8.28. The number of nitrogens with zero attached hydrogens (tertiary/aromatic N) is 4. The molecule has 0 radical (unpaired) electrons. The van der Waals surface area contributed by atoms with Gasteiger partial charge in [-0.3, -0.25) is 4.57 Å². The van der Waals surface area contributed by atoms with Crippen LogP contribution in [0.15, 0.2) is 36.7 Å². The highest BCUT2D eigenvalue weighted by atomic mass is 16.6. The number of ether oxygens (including phenoxy) is 2. The summed E-state index contributed by atoms with van der Waals surface area (Å²) in [7, 11) is 3.32. The van der Waals surface area contributed by atoms with Gasteiger partial charge in [-0.05, 0) is 31.2 Å². The summed E-state index contributed by atoms with van der Waals surface area (Å²) in [6, 6.07) is 11.4. The van der Waals surface area contributed by atoms with Crippen molar-refractivity contribution in [2.24, 2.45) is 0 Å². The topological polar surface area (TPSA) is 139 Å². The van der Waals surface area contributed by atoms with Crippen molar-refractivity contribution in [3.05, 3.63) is 48.0 Å². The van der Waals surface area contributed by atoms with Gasteiger partial charge in [-0.25, -0.2) is 15.0 Å². The standard InChI is InChI=1S/C26H37N7O4/c1-27-24-21-25(33(15-30-21)26-23(35)22(34)19(37-26)14-36-2)32-20(31-24)13-29-18-10-8-17(9-11-18)28-12-16-6-4-3-5-7-16/h3-7,15,17-19,22-23,26,28-29,34-35H,8-14H2,1-2H3,(H,27,31,32)/t17?,18?,19-,22-,23-,26-/m1/s1. The Bertz CT molecular complexity index is 1150. The van der Waals surface area contributed by atoms with Crippen LogP contribution in [0.25, 0.3) is 11.2 Å². The Morgan fingerprint density at radius 1 is 1.00 bits per heavy atom. The van der Waals surface area contributed by atoms with Gasteiger partial charge in [0.05, 0.1) is 19.5 Å². The number of fused-ring (bicyclic) bond motifs is 1. The molecule has 1 aliphatic carbocycles. The van der Waals surface area contributed by atoms with E-state index in [1.165, 1.54) is 12.7 Å². The second kappa shape index (κ2) is 11.8. The Morgan fingerprint density at radius 2 is 1.70 bits per heavy atom. The summed E-state index contributed by atoms with van der Waals surface area (Å²) in [5, 5.41) is 31.4. The highest BCUT2D eigenvalue weighted by Crippen LogP contribution is 2.32. The molecule has 3 heterocycles. The van der Waals surface area contributed by atoms with Crippen LogP contribution in [-0.4, -0.2) is 80.9 Å². The van der Waals surface area contributed by atoms with Crippen molar-refractivity contribution >= 4 is 17.0 Å². The van der Waals surface area contributed by atoms with Crippen LogP contribution in [0.5, 0.6) is 0 Å². The molecule has 11 nitrogen and oxygen atoms in total. The molecule has 0 spiro atoms. The number of hydrogen-bond acceptors (Lipinski definition) is 10. The van der Waals surface area contributed by atoms with Crippen molar-refractivity contribution in [3.8, 4) is 0 Å². The molecule has 1 saturated heterocycles. The maximum Gasteiger partial charge on any atom is 0.168 e. The smallest absolute Gasteiger partial charge is 0.168 e. The molecule has 1 saturated carbocycles. The van der Waals surface area contributed by atoms with Crippen molar-refractivity contribution in [1.29, 1.82) is 0 Å². The molecule has 3 aromatic rings. The van der Waals surface area contributed by atoms with Crippen LogP contribution in [0, 0.1) is 0 Å². The van der Waals surface area contributed by atoms with E-state index in [-0.39, 0.29) is 6.61 Å². The molecule has 5 N–H and O–H groups in total. The normalized spacial score (nSPS) is 28.1. The lowest BCUT2D eigenvalue weighted by Gasteiger charge is -2.30. The van der Waals surface area contributed by atoms with Gasteiger partial charge in [-0.15, -0.1) is 0 Å². The third kappa shape index (κ3) is 5.77. The maximum absolute atomic E-state index is 10.6. The number of methoxy groups -OCH3 is 1. The van der Waals surface area contributed by atoms with E-state index in [0.29, 0.717) is 41.4 Å². The summed E-state index contributed by atoms with van der Waals surface area (Å²) in [5.41, 5.74) is 2.44. The van der Waals surface area contributed by atoms with Gasteiger partial charge in [0.1, 0.15) is 24.1 Å². The molecule has 11 heteroatoms. The summed E-state index contributed by atoms with van der Waals surface area (Å²) < 4.78 is 12.7. The third-order valence-corrected chi connectivity index (χ3v) is 7.36.